The van der Waals surface area contributed by atoms with E-state index in [4.69, 9.17) is 0 Å². The van der Waals surface area contributed by atoms with Crippen LogP contribution in [0.3, 0.4) is 0 Å². The van der Waals surface area contributed by atoms with E-state index in [2.05, 4.69) is 30.0 Å². The zero-order chi connectivity index (χ0) is 22.1. The lowest BCUT2D eigenvalue weighted by molar-refractivity contribution is -0.131. The lowest BCUT2D eigenvalue weighted by atomic mass is 9.83. The number of hydrogen-bond donors (Lipinski definition) is 0. The third-order valence-corrected chi connectivity index (χ3v) is 7.29. The van der Waals surface area contributed by atoms with E-state index in [1.807, 2.05) is 36.7 Å². The number of rotatable bonds is 4. The molecule has 1 atom stereocenters. The summed E-state index contributed by atoms with van der Waals surface area (Å²) in [4.78, 5) is 31.7. The number of fused-ring (bicyclic) bond motifs is 1. The molecule has 2 saturated heterocycles. The SMILES string of the molecule is Cc1ccc2c(c1)cc(C(=O)N1CCC(C3CCCCN3CC(=O)N(C)C)CC1)n2C. The highest BCUT2D eigenvalue weighted by atomic mass is 16.2. The van der Waals surface area contributed by atoms with Crippen molar-refractivity contribution in [3.05, 3.63) is 35.5 Å². The summed E-state index contributed by atoms with van der Waals surface area (Å²) < 4.78 is 2.03. The van der Waals surface area contributed by atoms with Crippen LogP contribution < -0.4 is 0 Å². The predicted octanol–water partition coefficient (Wildman–Crippen LogP) is 3.28. The molecule has 6 heteroatoms. The van der Waals surface area contributed by atoms with Gasteiger partial charge in [-0.25, -0.2) is 0 Å². The van der Waals surface area contributed by atoms with Gasteiger partial charge in [-0.1, -0.05) is 18.1 Å². The van der Waals surface area contributed by atoms with Crippen molar-refractivity contribution in [1.29, 1.82) is 0 Å². The molecule has 0 spiro atoms. The fourth-order valence-corrected chi connectivity index (χ4v) is 5.39. The van der Waals surface area contributed by atoms with Gasteiger partial charge >= 0.3 is 0 Å². The standard InChI is InChI=1S/C25H36N4O2/c1-18-8-9-21-20(15-18)16-23(27(21)4)25(31)28-13-10-19(11-14-28)22-7-5-6-12-29(22)17-24(30)26(2)3/h8-9,15-16,19,22H,5-7,10-14,17H2,1-4H3. The fraction of sp³-hybridized carbons (Fsp3) is 0.600. The summed E-state index contributed by atoms with van der Waals surface area (Å²) in [5.41, 5.74) is 3.09. The summed E-state index contributed by atoms with van der Waals surface area (Å²) in [5.74, 6) is 0.887. The Hall–Kier alpha value is -2.34. The molecule has 3 heterocycles. The summed E-state index contributed by atoms with van der Waals surface area (Å²) in [6, 6.07) is 8.84. The summed E-state index contributed by atoms with van der Waals surface area (Å²) in [6.07, 6.45) is 5.63. The van der Waals surface area contributed by atoms with Gasteiger partial charge in [0.1, 0.15) is 5.69 Å². The average molecular weight is 425 g/mol. The first-order valence-electron chi connectivity index (χ1n) is 11.6. The summed E-state index contributed by atoms with van der Waals surface area (Å²) in [6.45, 7) is 5.22. The van der Waals surface area contributed by atoms with Gasteiger partial charge in [0.25, 0.3) is 5.91 Å². The minimum Gasteiger partial charge on any atom is -0.348 e. The quantitative estimate of drug-likeness (QED) is 0.757. The van der Waals surface area contributed by atoms with Crippen LogP contribution in [0.2, 0.25) is 0 Å². The molecule has 1 aromatic heterocycles. The zero-order valence-electron chi connectivity index (χ0n) is 19.4. The molecule has 2 aliphatic heterocycles. The lowest BCUT2D eigenvalue weighted by Crippen LogP contribution is -2.51. The minimum atomic E-state index is 0.137. The monoisotopic (exact) mass is 424 g/mol. The second kappa shape index (κ2) is 9.03. The van der Waals surface area contributed by atoms with E-state index >= 15 is 0 Å². The van der Waals surface area contributed by atoms with Crippen molar-refractivity contribution < 1.29 is 9.59 Å². The molecule has 2 aromatic rings. The molecule has 2 aliphatic rings. The van der Waals surface area contributed by atoms with Crippen molar-refractivity contribution >= 4 is 22.7 Å². The number of carbonyl (C=O) groups excluding carboxylic acids is 2. The Morgan fingerprint density at radius 2 is 1.77 bits per heavy atom. The van der Waals surface area contributed by atoms with Gasteiger partial charge in [-0.3, -0.25) is 14.5 Å². The maximum absolute atomic E-state index is 13.3. The normalized spacial score (nSPS) is 20.9. The Bertz CT molecular complexity index is 956. The molecule has 6 nitrogen and oxygen atoms in total. The van der Waals surface area contributed by atoms with E-state index in [1.165, 1.54) is 24.8 Å². The van der Waals surface area contributed by atoms with Crippen LogP contribution in [0.4, 0.5) is 0 Å². The van der Waals surface area contributed by atoms with Crippen LogP contribution >= 0.6 is 0 Å². The molecule has 2 fully saturated rings. The Kier molecular flexibility index (Phi) is 6.37. The van der Waals surface area contributed by atoms with E-state index in [-0.39, 0.29) is 11.8 Å². The smallest absolute Gasteiger partial charge is 0.270 e. The van der Waals surface area contributed by atoms with Gasteiger partial charge in [0.05, 0.1) is 6.54 Å². The number of piperidine rings is 2. The second-order valence-electron chi connectivity index (χ2n) is 9.60. The summed E-state index contributed by atoms with van der Waals surface area (Å²) in [7, 11) is 5.65. The first kappa shape index (κ1) is 21.9. The van der Waals surface area contributed by atoms with Crippen LogP contribution in [0.5, 0.6) is 0 Å². The average Bonchev–Trinajstić information content (AvgIpc) is 3.09. The molecular formula is C25H36N4O2. The lowest BCUT2D eigenvalue weighted by Gasteiger charge is -2.43. The number of hydrogen-bond acceptors (Lipinski definition) is 3. The van der Waals surface area contributed by atoms with Crippen molar-refractivity contribution in [2.75, 3.05) is 40.3 Å². The molecule has 31 heavy (non-hydrogen) atoms. The van der Waals surface area contributed by atoms with Crippen LogP contribution in [-0.4, -0.2) is 77.4 Å². The van der Waals surface area contributed by atoms with Gasteiger partial charge in [0, 0.05) is 51.2 Å². The molecule has 1 unspecified atom stereocenters. The maximum Gasteiger partial charge on any atom is 0.270 e. The van der Waals surface area contributed by atoms with Crippen molar-refractivity contribution in [3.8, 4) is 0 Å². The van der Waals surface area contributed by atoms with Gasteiger partial charge in [0.2, 0.25) is 5.91 Å². The Morgan fingerprint density at radius 3 is 2.48 bits per heavy atom. The Balaban J connectivity index is 1.41. The van der Waals surface area contributed by atoms with Crippen molar-refractivity contribution in [2.24, 2.45) is 13.0 Å². The van der Waals surface area contributed by atoms with E-state index in [0.717, 1.165) is 49.1 Å². The molecule has 0 radical (unpaired) electrons. The van der Waals surface area contributed by atoms with Gasteiger partial charge in [-0.05, 0) is 63.3 Å². The highest BCUT2D eigenvalue weighted by Gasteiger charge is 2.34. The fourth-order valence-electron chi connectivity index (χ4n) is 5.39. The number of amides is 2. The van der Waals surface area contributed by atoms with E-state index in [1.54, 1.807) is 4.90 Å². The van der Waals surface area contributed by atoms with Gasteiger partial charge in [-0.2, -0.15) is 0 Å². The molecular weight excluding hydrogens is 388 g/mol. The third kappa shape index (κ3) is 4.49. The topological polar surface area (TPSA) is 48.8 Å². The number of benzene rings is 1. The molecule has 0 saturated carbocycles. The van der Waals surface area contributed by atoms with Gasteiger partial charge in [-0.15, -0.1) is 0 Å². The number of likely N-dealkylation sites (N-methyl/N-ethyl adjacent to an activating group) is 1. The van der Waals surface area contributed by atoms with Crippen molar-refractivity contribution in [1.82, 2.24) is 19.3 Å². The number of carbonyl (C=O) groups is 2. The summed E-state index contributed by atoms with van der Waals surface area (Å²) >= 11 is 0. The molecule has 0 N–H and O–H groups in total. The molecule has 2 amide bonds. The van der Waals surface area contributed by atoms with Crippen LogP contribution in [0.15, 0.2) is 24.3 Å². The van der Waals surface area contributed by atoms with Crippen LogP contribution in [0.25, 0.3) is 10.9 Å². The van der Waals surface area contributed by atoms with E-state index in [0.29, 0.717) is 18.5 Å². The number of nitrogens with zero attached hydrogens (tertiary/aromatic N) is 4. The molecule has 1 aromatic carbocycles. The first-order chi connectivity index (χ1) is 14.8. The molecule has 0 aliphatic carbocycles. The minimum absolute atomic E-state index is 0.137. The van der Waals surface area contributed by atoms with Crippen LogP contribution in [-0.2, 0) is 11.8 Å². The molecule has 4 rings (SSSR count). The Labute approximate surface area is 185 Å². The molecule has 168 valence electrons. The van der Waals surface area contributed by atoms with Crippen molar-refractivity contribution in [3.63, 3.8) is 0 Å². The van der Waals surface area contributed by atoms with E-state index < -0.39 is 0 Å². The summed E-state index contributed by atoms with van der Waals surface area (Å²) in [5, 5.41) is 1.13. The van der Waals surface area contributed by atoms with Gasteiger partial charge < -0.3 is 14.4 Å². The van der Waals surface area contributed by atoms with Crippen LogP contribution in [0.1, 0.15) is 48.2 Å². The first-order valence-corrected chi connectivity index (χ1v) is 11.6. The Morgan fingerprint density at radius 1 is 1.03 bits per heavy atom. The number of aryl methyl sites for hydroxylation is 2. The third-order valence-electron chi connectivity index (χ3n) is 7.29. The highest BCUT2D eigenvalue weighted by Crippen LogP contribution is 2.31. The maximum atomic E-state index is 13.3. The highest BCUT2D eigenvalue weighted by molar-refractivity contribution is 5.98. The number of aromatic nitrogens is 1. The largest absolute Gasteiger partial charge is 0.348 e. The number of likely N-dealkylation sites (tertiary alicyclic amines) is 2. The van der Waals surface area contributed by atoms with Gasteiger partial charge in [0.15, 0.2) is 0 Å². The van der Waals surface area contributed by atoms with Crippen molar-refractivity contribution in [2.45, 2.75) is 45.1 Å². The van der Waals surface area contributed by atoms with E-state index in [9.17, 15) is 9.59 Å². The molecule has 0 bridgehead atoms. The van der Waals surface area contributed by atoms with Crippen LogP contribution in [0, 0.1) is 12.8 Å². The predicted molar refractivity (Wildman–Crippen MR) is 124 cm³/mol. The zero-order valence-corrected chi connectivity index (χ0v) is 19.4. The second-order valence-corrected chi connectivity index (χ2v) is 9.60.